The number of nitrogens with zero attached hydrogens (tertiary/aromatic N) is 8. The molecule has 3 amide bonds. The lowest BCUT2D eigenvalue weighted by Gasteiger charge is -2.41. The van der Waals surface area contributed by atoms with Crippen molar-refractivity contribution in [3.8, 4) is 17.1 Å². The number of imidazole rings is 1. The molecule has 4 aromatic rings. The maximum atomic E-state index is 14.0. The first-order valence-electron chi connectivity index (χ1n) is 16.9. The molecule has 3 aromatic heterocycles. The number of nitrogens with one attached hydrogen (secondary N) is 1. The van der Waals surface area contributed by atoms with E-state index in [1.54, 1.807) is 11.9 Å². The van der Waals surface area contributed by atoms with Gasteiger partial charge in [-0.05, 0) is 43.2 Å². The zero-order valence-corrected chi connectivity index (χ0v) is 30.1. The Kier molecular flexibility index (Phi) is 10.1. The maximum absolute atomic E-state index is 14.0. The van der Waals surface area contributed by atoms with Crippen LogP contribution < -0.4 is 11.1 Å². The third-order valence-corrected chi connectivity index (χ3v) is 10.4. The number of piperidine rings is 2. The van der Waals surface area contributed by atoms with Gasteiger partial charge in [0, 0.05) is 63.9 Å². The molecule has 17 heteroatoms. The molecule has 5 heterocycles. The SMILES string of the molecule is CN(C(=O)c1ccc(NC(=O)c2ncc(-c3cn(-c4ccc(N)cn4)nc3C(F)(F)F)n2C)cc1Cl)C1CCN(C(=O)C2CC[N+](C)(C)CC2)CC1. The van der Waals surface area contributed by atoms with E-state index in [4.69, 9.17) is 17.3 Å². The van der Waals surface area contributed by atoms with Crippen molar-refractivity contribution in [3.05, 3.63) is 71.0 Å². The number of hydrogen-bond donors (Lipinski definition) is 2. The third kappa shape index (κ3) is 7.62. The first kappa shape index (κ1) is 36.8. The van der Waals surface area contributed by atoms with Gasteiger partial charge in [-0.3, -0.25) is 14.4 Å². The summed E-state index contributed by atoms with van der Waals surface area (Å²) in [6.07, 6.45) is 1.90. The zero-order valence-electron chi connectivity index (χ0n) is 29.3. The molecular formula is C35H41ClF3N10O3+. The molecule has 276 valence electrons. The summed E-state index contributed by atoms with van der Waals surface area (Å²) in [4.78, 5) is 51.6. The Morgan fingerprint density at radius 2 is 1.71 bits per heavy atom. The van der Waals surface area contributed by atoms with E-state index < -0.39 is 17.8 Å². The number of nitrogen functional groups attached to an aromatic ring is 1. The van der Waals surface area contributed by atoms with Gasteiger partial charge in [-0.1, -0.05) is 11.6 Å². The number of alkyl halides is 3. The Morgan fingerprint density at radius 1 is 1.02 bits per heavy atom. The number of quaternary nitrogens is 1. The van der Waals surface area contributed by atoms with Crippen molar-refractivity contribution in [2.24, 2.45) is 13.0 Å². The van der Waals surface area contributed by atoms with Gasteiger partial charge in [0.25, 0.3) is 11.8 Å². The number of rotatable bonds is 7. The second kappa shape index (κ2) is 14.2. The summed E-state index contributed by atoms with van der Waals surface area (Å²) in [6, 6.07) is 7.31. The van der Waals surface area contributed by atoms with Crippen LogP contribution in [0.3, 0.4) is 0 Å². The highest BCUT2D eigenvalue weighted by molar-refractivity contribution is 6.34. The molecule has 0 radical (unpaired) electrons. The predicted octanol–water partition coefficient (Wildman–Crippen LogP) is 4.72. The number of halogens is 4. The number of likely N-dealkylation sites (tertiary alicyclic amines) is 2. The Bertz CT molecular complexity index is 1970. The van der Waals surface area contributed by atoms with Gasteiger partial charge in [-0.25, -0.2) is 14.6 Å². The van der Waals surface area contributed by atoms with Gasteiger partial charge < -0.3 is 29.9 Å². The van der Waals surface area contributed by atoms with Crippen LogP contribution in [-0.2, 0) is 18.0 Å². The smallest absolute Gasteiger partial charge is 0.397 e. The number of hydrogen-bond acceptors (Lipinski definition) is 7. The third-order valence-electron chi connectivity index (χ3n) is 10.1. The summed E-state index contributed by atoms with van der Waals surface area (Å²) in [5.74, 6) is -0.780. The van der Waals surface area contributed by atoms with E-state index in [2.05, 4.69) is 34.5 Å². The van der Waals surface area contributed by atoms with Crippen LogP contribution in [0, 0.1) is 5.92 Å². The molecule has 0 atom stereocenters. The number of amides is 3. The van der Waals surface area contributed by atoms with Gasteiger partial charge in [0.1, 0.15) is 0 Å². The van der Waals surface area contributed by atoms with Crippen LogP contribution in [0.5, 0.6) is 0 Å². The number of pyridine rings is 1. The monoisotopic (exact) mass is 741 g/mol. The Hall–Kier alpha value is -4.96. The molecule has 0 unspecified atom stereocenters. The van der Waals surface area contributed by atoms with E-state index in [0.717, 1.165) is 47.5 Å². The summed E-state index contributed by atoms with van der Waals surface area (Å²) >= 11 is 6.54. The van der Waals surface area contributed by atoms with Gasteiger partial charge in [-0.2, -0.15) is 18.3 Å². The number of benzene rings is 1. The lowest BCUT2D eigenvalue weighted by Crippen LogP contribution is -2.52. The van der Waals surface area contributed by atoms with Gasteiger partial charge in [0.05, 0.1) is 67.1 Å². The quantitative estimate of drug-likeness (QED) is 0.261. The molecule has 3 N–H and O–H groups in total. The average Bonchev–Trinajstić information content (AvgIpc) is 3.72. The van der Waals surface area contributed by atoms with E-state index in [1.807, 2.05) is 4.90 Å². The van der Waals surface area contributed by atoms with Gasteiger partial charge in [-0.15, -0.1) is 0 Å². The van der Waals surface area contributed by atoms with Gasteiger partial charge in [0.15, 0.2) is 17.3 Å². The van der Waals surface area contributed by atoms with Crippen molar-refractivity contribution >= 4 is 40.7 Å². The Balaban J connectivity index is 1.10. The summed E-state index contributed by atoms with van der Waals surface area (Å²) in [7, 11) is 7.51. The molecule has 13 nitrogen and oxygen atoms in total. The van der Waals surface area contributed by atoms with Crippen molar-refractivity contribution < 1.29 is 32.0 Å². The molecule has 6 rings (SSSR count). The summed E-state index contributed by atoms with van der Waals surface area (Å²) in [5, 5.41) is 6.48. The molecule has 0 bridgehead atoms. The fourth-order valence-corrected chi connectivity index (χ4v) is 7.11. The first-order valence-corrected chi connectivity index (χ1v) is 17.3. The van der Waals surface area contributed by atoms with Crippen LogP contribution in [0.1, 0.15) is 52.4 Å². The molecular weight excluding hydrogens is 701 g/mol. The second-order valence-electron chi connectivity index (χ2n) is 14.1. The van der Waals surface area contributed by atoms with E-state index in [1.165, 1.54) is 48.1 Å². The highest BCUT2D eigenvalue weighted by atomic mass is 35.5. The fraction of sp³-hybridized carbons (Fsp3) is 0.429. The van der Waals surface area contributed by atoms with E-state index in [-0.39, 0.29) is 62.9 Å². The molecule has 1 aromatic carbocycles. The minimum atomic E-state index is -4.81. The number of carbonyl (C=O) groups is 3. The highest BCUT2D eigenvalue weighted by Gasteiger charge is 2.39. The van der Waals surface area contributed by atoms with Crippen molar-refractivity contribution in [1.29, 1.82) is 0 Å². The average molecular weight is 742 g/mol. The lowest BCUT2D eigenvalue weighted by molar-refractivity contribution is -0.895. The number of anilines is 2. The first-order chi connectivity index (χ1) is 24.5. The van der Waals surface area contributed by atoms with Crippen LogP contribution in [-0.4, -0.2) is 110 Å². The molecule has 2 saturated heterocycles. The molecule has 2 aliphatic rings. The van der Waals surface area contributed by atoms with Crippen LogP contribution in [0.2, 0.25) is 5.02 Å². The van der Waals surface area contributed by atoms with Crippen LogP contribution >= 0.6 is 11.6 Å². The number of nitrogens with two attached hydrogens (primary N) is 1. The molecule has 2 aliphatic heterocycles. The van der Waals surface area contributed by atoms with E-state index in [0.29, 0.717) is 31.6 Å². The van der Waals surface area contributed by atoms with Crippen molar-refractivity contribution in [2.45, 2.75) is 37.9 Å². The molecule has 2 fully saturated rings. The van der Waals surface area contributed by atoms with E-state index >= 15 is 0 Å². The highest BCUT2D eigenvalue weighted by Crippen LogP contribution is 2.37. The Morgan fingerprint density at radius 3 is 2.33 bits per heavy atom. The molecule has 0 aliphatic carbocycles. The topological polar surface area (TPSA) is 144 Å². The van der Waals surface area contributed by atoms with Gasteiger partial charge in [0.2, 0.25) is 5.91 Å². The van der Waals surface area contributed by atoms with Crippen LogP contribution in [0.15, 0.2) is 48.9 Å². The predicted molar refractivity (Wildman–Crippen MR) is 189 cm³/mol. The largest absolute Gasteiger partial charge is 0.435 e. The number of carbonyl (C=O) groups excluding carboxylic acids is 3. The van der Waals surface area contributed by atoms with Crippen LogP contribution in [0.4, 0.5) is 24.5 Å². The maximum Gasteiger partial charge on any atom is 0.435 e. The molecule has 52 heavy (non-hydrogen) atoms. The van der Waals surface area contributed by atoms with Gasteiger partial charge >= 0.3 is 6.18 Å². The van der Waals surface area contributed by atoms with Crippen molar-refractivity contribution in [3.63, 3.8) is 0 Å². The second-order valence-corrected chi connectivity index (χ2v) is 14.5. The Labute approximate surface area is 303 Å². The normalized spacial score (nSPS) is 16.9. The fourth-order valence-electron chi connectivity index (χ4n) is 6.85. The number of aromatic nitrogens is 5. The summed E-state index contributed by atoms with van der Waals surface area (Å²) < 4.78 is 45.3. The van der Waals surface area contributed by atoms with Crippen molar-refractivity contribution in [2.75, 3.05) is 58.4 Å². The van der Waals surface area contributed by atoms with E-state index in [9.17, 15) is 27.6 Å². The zero-order chi connectivity index (χ0) is 37.5. The minimum absolute atomic E-state index is 0.00580. The van der Waals surface area contributed by atoms with Crippen LogP contribution in [0.25, 0.3) is 17.1 Å². The minimum Gasteiger partial charge on any atom is -0.397 e. The summed E-state index contributed by atoms with van der Waals surface area (Å²) in [5.41, 5.74) is 5.00. The molecule has 0 saturated carbocycles. The lowest BCUT2D eigenvalue weighted by atomic mass is 9.93. The summed E-state index contributed by atoms with van der Waals surface area (Å²) in [6.45, 7) is 3.15. The molecule has 0 spiro atoms. The van der Waals surface area contributed by atoms with Crippen molar-refractivity contribution in [1.82, 2.24) is 34.1 Å². The standard InChI is InChI=1S/C35H40ClF3N10O3/c1-45(24-9-13-47(14-10-24)33(51)21-11-15-49(3,4)16-12-21)34(52)25-7-6-23(17-27(25)36)43-32(50)31-42-19-28(46(31)2)26-20-48(44-30(26)35(37,38)39)29-8-5-22(40)18-41-29/h5-8,17-21,24H,9-16,40H2,1-4H3/p+1.